The summed E-state index contributed by atoms with van der Waals surface area (Å²) in [5.41, 5.74) is 10.4. The number of carbonyl (C=O) groups is 1. The zero-order chi connectivity index (χ0) is 28.0. The van der Waals surface area contributed by atoms with E-state index in [1.165, 1.54) is 0 Å². The van der Waals surface area contributed by atoms with Crippen molar-refractivity contribution in [2.75, 3.05) is 19.7 Å². The molecular formula is C32H37Cl2N3O2. The average Bonchev–Trinajstić information content (AvgIpc) is 3.56. The molecule has 5 rings (SSSR count). The maximum Gasteiger partial charge on any atom is 0.250 e. The van der Waals surface area contributed by atoms with Crippen LogP contribution < -0.4 is 4.74 Å². The summed E-state index contributed by atoms with van der Waals surface area (Å²) < 4.78 is 8.02. The van der Waals surface area contributed by atoms with Crippen LogP contribution in [0.4, 0.5) is 0 Å². The highest BCUT2D eigenvalue weighted by molar-refractivity contribution is 6.34. The minimum absolute atomic E-state index is 0.164. The molecule has 1 fully saturated rings. The molecule has 0 saturated carbocycles. The highest BCUT2D eigenvalue weighted by atomic mass is 35.5. The molecule has 2 heterocycles. The molecule has 0 N–H and O–H groups in total. The van der Waals surface area contributed by atoms with Crippen molar-refractivity contribution in [3.05, 3.63) is 73.5 Å². The van der Waals surface area contributed by atoms with E-state index in [1.807, 2.05) is 55.6 Å². The summed E-state index contributed by atoms with van der Waals surface area (Å²) in [5, 5.41) is 6.13. The van der Waals surface area contributed by atoms with Crippen molar-refractivity contribution in [3.8, 4) is 16.9 Å². The zero-order valence-corrected chi connectivity index (χ0v) is 25.3. The number of fused-ring (bicyclic) bond motifs is 1. The van der Waals surface area contributed by atoms with Crippen LogP contribution in [0.1, 0.15) is 59.8 Å². The lowest BCUT2D eigenvalue weighted by atomic mass is 9.93. The lowest BCUT2D eigenvalue weighted by molar-refractivity contribution is -0.126. The number of likely N-dealkylation sites (tertiary alicyclic amines) is 1. The number of carbonyl (C=O) groups excluding carboxylic acids is 1. The molecule has 7 heteroatoms. The van der Waals surface area contributed by atoms with E-state index in [0.29, 0.717) is 24.0 Å². The van der Waals surface area contributed by atoms with E-state index in [0.717, 1.165) is 99.0 Å². The number of benzene rings is 2. The molecule has 39 heavy (non-hydrogen) atoms. The fourth-order valence-electron chi connectivity index (χ4n) is 6.17. The molecule has 1 aromatic heterocycles. The van der Waals surface area contributed by atoms with Crippen molar-refractivity contribution >= 4 is 34.7 Å². The Morgan fingerprint density at radius 1 is 1.10 bits per heavy atom. The minimum Gasteiger partial charge on any atom is -0.494 e. The molecule has 1 unspecified atom stereocenters. The van der Waals surface area contributed by atoms with Gasteiger partial charge >= 0.3 is 0 Å². The zero-order valence-electron chi connectivity index (χ0n) is 23.8. The van der Waals surface area contributed by atoms with Crippen LogP contribution in [-0.2, 0) is 18.3 Å². The van der Waals surface area contributed by atoms with Gasteiger partial charge < -0.3 is 9.64 Å². The van der Waals surface area contributed by atoms with E-state index in [9.17, 15) is 4.79 Å². The molecule has 1 aliphatic carbocycles. The average molecular weight is 567 g/mol. The predicted molar refractivity (Wildman–Crippen MR) is 160 cm³/mol. The third-order valence-electron chi connectivity index (χ3n) is 8.28. The summed E-state index contributed by atoms with van der Waals surface area (Å²) in [6.45, 7) is 12.5. The molecule has 1 atom stereocenters. The number of amides is 1. The lowest BCUT2D eigenvalue weighted by Crippen LogP contribution is -2.30. The Labute approximate surface area is 241 Å². The van der Waals surface area contributed by atoms with E-state index < -0.39 is 0 Å². The van der Waals surface area contributed by atoms with E-state index >= 15 is 0 Å². The molecule has 0 spiro atoms. The van der Waals surface area contributed by atoms with E-state index in [1.54, 1.807) is 0 Å². The molecule has 206 valence electrons. The van der Waals surface area contributed by atoms with Crippen LogP contribution in [0.5, 0.6) is 5.75 Å². The van der Waals surface area contributed by atoms with Crippen LogP contribution >= 0.6 is 23.2 Å². The van der Waals surface area contributed by atoms with E-state index in [4.69, 9.17) is 27.9 Å². The summed E-state index contributed by atoms with van der Waals surface area (Å²) in [6, 6.07) is 8.03. The number of hydrogen-bond acceptors (Lipinski definition) is 3. The highest BCUT2D eigenvalue weighted by Gasteiger charge is 2.34. The highest BCUT2D eigenvalue weighted by Crippen LogP contribution is 2.46. The third-order valence-corrected chi connectivity index (χ3v) is 9.19. The number of hydrogen-bond donors (Lipinski definition) is 0. The number of aryl methyl sites for hydroxylation is 4. The van der Waals surface area contributed by atoms with Gasteiger partial charge in [-0.05, 0) is 98.9 Å². The molecule has 1 amide bonds. The lowest BCUT2D eigenvalue weighted by Gasteiger charge is -2.18. The molecule has 1 saturated heterocycles. The standard InChI is InChI=1S/C32H37Cl2N3O2/c1-18-11-12-37(17-18)32(38)27-16-26-25(9-10-28(33)30(26)29-21(4)35-36(6)22(29)5)24(27)8-7-13-39-23-14-19(2)31(34)20(3)15-23/h9-10,14-15,18H,7-8,11-13,16-17H2,1-6H3. The van der Waals surface area contributed by atoms with Gasteiger partial charge in [-0.1, -0.05) is 36.2 Å². The maximum absolute atomic E-state index is 13.9. The molecule has 5 nitrogen and oxygen atoms in total. The van der Waals surface area contributed by atoms with E-state index in [2.05, 4.69) is 25.0 Å². The van der Waals surface area contributed by atoms with Gasteiger partial charge in [0.15, 0.2) is 0 Å². The number of allylic oxidation sites excluding steroid dienone is 1. The molecule has 0 radical (unpaired) electrons. The van der Waals surface area contributed by atoms with Crippen molar-refractivity contribution in [3.63, 3.8) is 0 Å². The van der Waals surface area contributed by atoms with Crippen LogP contribution in [0.3, 0.4) is 0 Å². The van der Waals surface area contributed by atoms with Crippen molar-refractivity contribution in [1.82, 2.24) is 14.7 Å². The monoisotopic (exact) mass is 565 g/mol. The van der Waals surface area contributed by atoms with Crippen molar-refractivity contribution in [2.24, 2.45) is 13.0 Å². The predicted octanol–water partition coefficient (Wildman–Crippen LogP) is 7.66. The summed E-state index contributed by atoms with van der Waals surface area (Å²) in [7, 11) is 1.96. The quantitative estimate of drug-likeness (QED) is 0.276. The number of halogens is 2. The van der Waals surface area contributed by atoms with Crippen molar-refractivity contribution < 1.29 is 9.53 Å². The van der Waals surface area contributed by atoms with Crippen LogP contribution in [0.15, 0.2) is 29.8 Å². The van der Waals surface area contributed by atoms with Crippen LogP contribution in [0, 0.1) is 33.6 Å². The van der Waals surface area contributed by atoms with Crippen LogP contribution in [-0.4, -0.2) is 40.3 Å². The molecule has 3 aromatic rings. The van der Waals surface area contributed by atoms with Gasteiger partial charge in [-0.2, -0.15) is 5.10 Å². The van der Waals surface area contributed by atoms with Crippen LogP contribution in [0.2, 0.25) is 10.0 Å². The van der Waals surface area contributed by atoms with Gasteiger partial charge in [0, 0.05) is 59.0 Å². The van der Waals surface area contributed by atoms with Crippen molar-refractivity contribution in [2.45, 2.75) is 60.3 Å². The number of nitrogens with zero attached hydrogens (tertiary/aromatic N) is 3. The molecular weight excluding hydrogens is 529 g/mol. The first-order valence-electron chi connectivity index (χ1n) is 13.8. The van der Waals surface area contributed by atoms with Crippen LogP contribution in [0.25, 0.3) is 16.7 Å². The normalized spacial score (nSPS) is 16.8. The summed E-state index contributed by atoms with van der Waals surface area (Å²) in [4.78, 5) is 15.9. The largest absolute Gasteiger partial charge is 0.494 e. The van der Waals surface area contributed by atoms with Gasteiger partial charge in [0.2, 0.25) is 5.91 Å². The van der Waals surface area contributed by atoms with Gasteiger partial charge in [-0.3, -0.25) is 9.48 Å². The fraction of sp³-hybridized carbons (Fsp3) is 0.438. The van der Waals surface area contributed by atoms with E-state index in [-0.39, 0.29) is 5.91 Å². The Kier molecular flexibility index (Phi) is 7.85. The Morgan fingerprint density at radius 3 is 2.44 bits per heavy atom. The Hall–Kier alpha value is -2.76. The number of rotatable bonds is 7. The minimum atomic E-state index is 0.164. The smallest absolute Gasteiger partial charge is 0.250 e. The molecule has 2 aliphatic rings. The second-order valence-corrected chi connectivity index (χ2v) is 12.0. The first kappa shape index (κ1) is 27.8. The molecule has 2 aromatic carbocycles. The van der Waals surface area contributed by atoms with Gasteiger partial charge in [0.05, 0.1) is 12.3 Å². The van der Waals surface area contributed by atoms with Gasteiger partial charge in [-0.25, -0.2) is 0 Å². The Bertz CT molecular complexity index is 1460. The Morgan fingerprint density at radius 2 is 1.82 bits per heavy atom. The second kappa shape index (κ2) is 11.0. The SMILES string of the molecule is Cc1cc(OCCCC2=C(C(=O)N3CCC(C)C3)Cc3c2ccc(Cl)c3-c2c(C)nn(C)c2C)cc(C)c1Cl. The van der Waals surface area contributed by atoms with Gasteiger partial charge in [-0.15, -0.1) is 0 Å². The Balaban J connectivity index is 1.46. The summed E-state index contributed by atoms with van der Waals surface area (Å²) >= 11 is 13.2. The summed E-state index contributed by atoms with van der Waals surface area (Å²) in [5.74, 6) is 1.53. The number of aromatic nitrogens is 2. The first-order chi connectivity index (χ1) is 18.6. The molecule has 0 bridgehead atoms. The number of ether oxygens (including phenoxy) is 1. The third kappa shape index (κ3) is 5.24. The fourth-order valence-corrected chi connectivity index (χ4v) is 6.55. The van der Waals surface area contributed by atoms with Gasteiger partial charge in [0.1, 0.15) is 5.75 Å². The van der Waals surface area contributed by atoms with Gasteiger partial charge in [0.25, 0.3) is 0 Å². The summed E-state index contributed by atoms with van der Waals surface area (Å²) in [6.07, 6.45) is 3.20. The topological polar surface area (TPSA) is 47.4 Å². The first-order valence-corrected chi connectivity index (χ1v) is 14.6. The maximum atomic E-state index is 13.9. The van der Waals surface area contributed by atoms with Crippen molar-refractivity contribution in [1.29, 1.82) is 0 Å². The molecule has 1 aliphatic heterocycles. The second-order valence-electron chi connectivity index (χ2n) is 11.2.